The van der Waals surface area contributed by atoms with Crippen molar-refractivity contribution >= 4 is 15.9 Å². The van der Waals surface area contributed by atoms with Crippen molar-refractivity contribution in [2.75, 3.05) is 0 Å². The highest BCUT2D eigenvalue weighted by atomic mass is 79.9. The van der Waals surface area contributed by atoms with Crippen molar-refractivity contribution in [3.8, 4) is 0 Å². The van der Waals surface area contributed by atoms with Crippen molar-refractivity contribution in [2.24, 2.45) is 0 Å². The molecule has 2 rings (SSSR count). The molecule has 1 N–H and O–H groups in total. The fourth-order valence-corrected chi connectivity index (χ4v) is 2.39. The molecule has 0 amide bonds. The lowest BCUT2D eigenvalue weighted by Gasteiger charge is -2.14. The Morgan fingerprint density at radius 3 is 2.42 bits per heavy atom. The molecule has 2 aromatic rings. The van der Waals surface area contributed by atoms with Crippen LogP contribution in [0.4, 0.5) is 13.2 Å². The maximum Gasteiger partial charge on any atom is 0.173 e. The summed E-state index contributed by atoms with van der Waals surface area (Å²) in [6, 6.07) is 6.24. The first-order valence-corrected chi connectivity index (χ1v) is 6.28. The van der Waals surface area contributed by atoms with Gasteiger partial charge in [0.25, 0.3) is 0 Å². The Bertz CT molecular complexity index is 608. The van der Waals surface area contributed by atoms with Crippen LogP contribution in [0.1, 0.15) is 22.8 Å². The van der Waals surface area contributed by atoms with Crippen LogP contribution in [0.25, 0.3) is 0 Å². The minimum Gasteiger partial charge on any atom is -0.384 e. The Balaban J connectivity index is 2.50. The summed E-state index contributed by atoms with van der Waals surface area (Å²) >= 11 is 2.90. The summed E-state index contributed by atoms with van der Waals surface area (Å²) in [6.45, 7) is 1.68. The lowest BCUT2D eigenvalue weighted by atomic mass is 9.99. The van der Waals surface area contributed by atoms with E-state index in [9.17, 15) is 18.3 Å². The van der Waals surface area contributed by atoms with Gasteiger partial charge in [-0.2, -0.15) is 0 Å². The fraction of sp³-hybridized carbons (Fsp3) is 0.143. The Hall–Kier alpha value is -1.33. The SMILES string of the molecule is Cc1cc(F)cc(C(O)c2ccc(F)c(F)c2Br)c1. The molecular weight excluding hydrogens is 321 g/mol. The van der Waals surface area contributed by atoms with Crippen molar-refractivity contribution in [1.82, 2.24) is 0 Å². The summed E-state index contributed by atoms with van der Waals surface area (Å²) in [7, 11) is 0. The van der Waals surface area contributed by atoms with Gasteiger partial charge in [-0.05, 0) is 52.2 Å². The molecule has 19 heavy (non-hydrogen) atoms. The van der Waals surface area contributed by atoms with Crippen LogP contribution in [0.2, 0.25) is 0 Å². The summed E-state index contributed by atoms with van der Waals surface area (Å²) in [4.78, 5) is 0. The van der Waals surface area contributed by atoms with E-state index in [1.54, 1.807) is 13.0 Å². The third-order valence-corrected chi connectivity index (χ3v) is 3.55. The maximum atomic E-state index is 13.4. The first-order valence-electron chi connectivity index (χ1n) is 5.48. The molecule has 0 aromatic heterocycles. The van der Waals surface area contributed by atoms with E-state index < -0.39 is 23.6 Å². The number of hydrogen-bond acceptors (Lipinski definition) is 1. The summed E-state index contributed by atoms with van der Waals surface area (Å²) in [5.41, 5.74) is 1.06. The quantitative estimate of drug-likeness (QED) is 0.816. The van der Waals surface area contributed by atoms with Gasteiger partial charge >= 0.3 is 0 Å². The fourth-order valence-electron chi connectivity index (χ4n) is 1.85. The number of rotatable bonds is 2. The van der Waals surface area contributed by atoms with Crippen molar-refractivity contribution in [1.29, 1.82) is 0 Å². The highest BCUT2D eigenvalue weighted by Crippen LogP contribution is 2.32. The molecule has 0 heterocycles. The van der Waals surface area contributed by atoms with Gasteiger partial charge in [0, 0.05) is 5.56 Å². The van der Waals surface area contributed by atoms with Gasteiger partial charge in [0.15, 0.2) is 11.6 Å². The zero-order valence-corrected chi connectivity index (χ0v) is 11.5. The van der Waals surface area contributed by atoms with Gasteiger partial charge < -0.3 is 5.11 Å². The number of aryl methyl sites for hydroxylation is 1. The predicted octanol–water partition coefficient (Wildman–Crippen LogP) is 4.26. The van der Waals surface area contributed by atoms with Gasteiger partial charge in [-0.25, -0.2) is 13.2 Å². The number of aliphatic hydroxyl groups excluding tert-OH is 1. The van der Waals surface area contributed by atoms with Gasteiger partial charge in [0.2, 0.25) is 0 Å². The molecule has 0 fully saturated rings. The van der Waals surface area contributed by atoms with Crippen molar-refractivity contribution < 1.29 is 18.3 Å². The summed E-state index contributed by atoms with van der Waals surface area (Å²) in [5.74, 6) is -2.59. The second-order valence-electron chi connectivity index (χ2n) is 4.23. The molecule has 0 aliphatic heterocycles. The molecule has 100 valence electrons. The second kappa shape index (κ2) is 5.35. The normalized spacial score (nSPS) is 12.5. The van der Waals surface area contributed by atoms with Crippen LogP contribution in [-0.4, -0.2) is 5.11 Å². The molecular formula is C14H10BrF3O. The van der Waals surface area contributed by atoms with E-state index in [2.05, 4.69) is 15.9 Å². The Morgan fingerprint density at radius 2 is 1.79 bits per heavy atom. The zero-order valence-electron chi connectivity index (χ0n) is 9.92. The van der Waals surface area contributed by atoms with Crippen molar-refractivity contribution in [3.05, 3.63) is 68.9 Å². The number of benzene rings is 2. The van der Waals surface area contributed by atoms with E-state index in [0.717, 1.165) is 12.1 Å². The number of hydrogen-bond donors (Lipinski definition) is 1. The number of halogens is 4. The molecule has 0 spiro atoms. The third-order valence-electron chi connectivity index (χ3n) is 2.74. The smallest absolute Gasteiger partial charge is 0.173 e. The summed E-state index contributed by atoms with van der Waals surface area (Å²) in [5, 5.41) is 10.2. The molecule has 1 atom stereocenters. The number of aliphatic hydroxyl groups is 1. The van der Waals surface area contributed by atoms with Crippen LogP contribution in [0, 0.1) is 24.4 Å². The summed E-state index contributed by atoms with van der Waals surface area (Å²) in [6.07, 6.45) is -1.24. The third kappa shape index (κ3) is 2.82. The molecule has 0 saturated carbocycles. The Kier molecular flexibility index (Phi) is 3.96. The van der Waals surface area contributed by atoms with Gasteiger partial charge in [-0.15, -0.1) is 0 Å². The van der Waals surface area contributed by atoms with Crippen LogP contribution in [0.3, 0.4) is 0 Å². The maximum absolute atomic E-state index is 13.4. The van der Waals surface area contributed by atoms with Crippen LogP contribution < -0.4 is 0 Å². The van der Waals surface area contributed by atoms with Gasteiger partial charge in [0.05, 0.1) is 4.47 Å². The largest absolute Gasteiger partial charge is 0.384 e. The van der Waals surface area contributed by atoms with Crippen LogP contribution in [-0.2, 0) is 0 Å². The van der Waals surface area contributed by atoms with Gasteiger partial charge in [0.1, 0.15) is 11.9 Å². The van der Waals surface area contributed by atoms with E-state index in [-0.39, 0.29) is 15.6 Å². The van der Waals surface area contributed by atoms with E-state index in [1.807, 2.05) is 0 Å². The van der Waals surface area contributed by atoms with E-state index in [1.165, 1.54) is 12.1 Å². The van der Waals surface area contributed by atoms with E-state index >= 15 is 0 Å². The van der Waals surface area contributed by atoms with Crippen LogP contribution >= 0.6 is 15.9 Å². The first kappa shape index (κ1) is 14.1. The zero-order chi connectivity index (χ0) is 14.2. The molecule has 1 unspecified atom stereocenters. The average molecular weight is 331 g/mol. The molecule has 0 bridgehead atoms. The topological polar surface area (TPSA) is 20.2 Å². The lowest BCUT2D eigenvalue weighted by molar-refractivity contribution is 0.218. The standard InChI is InChI=1S/C14H10BrF3O/c1-7-4-8(6-9(16)5-7)14(19)10-2-3-11(17)13(18)12(10)15/h2-6,14,19H,1H3. The average Bonchev–Trinajstić information content (AvgIpc) is 2.34. The lowest BCUT2D eigenvalue weighted by Crippen LogP contribution is -2.04. The molecule has 5 heteroatoms. The molecule has 0 aliphatic rings. The molecule has 1 nitrogen and oxygen atoms in total. The molecule has 0 aliphatic carbocycles. The second-order valence-corrected chi connectivity index (χ2v) is 5.02. The molecule has 0 radical (unpaired) electrons. The Morgan fingerprint density at radius 1 is 1.11 bits per heavy atom. The molecule has 2 aromatic carbocycles. The summed E-state index contributed by atoms with van der Waals surface area (Å²) < 4.78 is 39.6. The minimum absolute atomic E-state index is 0.143. The first-order chi connectivity index (χ1) is 8.90. The van der Waals surface area contributed by atoms with Crippen molar-refractivity contribution in [2.45, 2.75) is 13.0 Å². The highest BCUT2D eigenvalue weighted by Gasteiger charge is 2.19. The van der Waals surface area contributed by atoms with E-state index in [4.69, 9.17) is 0 Å². The van der Waals surface area contributed by atoms with Crippen LogP contribution in [0.15, 0.2) is 34.8 Å². The molecule has 0 saturated heterocycles. The van der Waals surface area contributed by atoms with Crippen molar-refractivity contribution in [3.63, 3.8) is 0 Å². The highest BCUT2D eigenvalue weighted by molar-refractivity contribution is 9.10. The predicted molar refractivity (Wildman–Crippen MR) is 69.3 cm³/mol. The van der Waals surface area contributed by atoms with E-state index in [0.29, 0.717) is 5.56 Å². The van der Waals surface area contributed by atoms with Gasteiger partial charge in [-0.3, -0.25) is 0 Å². The van der Waals surface area contributed by atoms with Crippen LogP contribution in [0.5, 0.6) is 0 Å². The van der Waals surface area contributed by atoms with Gasteiger partial charge in [-0.1, -0.05) is 12.1 Å². The Labute approximate surface area is 116 Å². The monoisotopic (exact) mass is 330 g/mol. The minimum atomic E-state index is -1.24.